The van der Waals surface area contributed by atoms with Crippen LogP contribution in [0.1, 0.15) is 15.7 Å². The molecule has 0 saturated carbocycles. The molecule has 0 amide bonds. The molecule has 1 fully saturated rings. The van der Waals surface area contributed by atoms with E-state index in [4.69, 9.17) is 4.74 Å². The van der Waals surface area contributed by atoms with Crippen molar-refractivity contribution < 1.29 is 12.0 Å². The molecule has 14 heavy (non-hydrogen) atoms. The Hall–Kier alpha value is 0.356. The van der Waals surface area contributed by atoms with Gasteiger partial charge in [-0.05, 0) is 37.1 Å². The summed E-state index contributed by atoms with van der Waals surface area (Å²) in [6.45, 7) is 2.00. The number of hydrogen-bond donors (Lipinski definition) is 0. The van der Waals surface area contributed by atoms with E-state index >= 15 is 0 Å². The van der Waals surface area contributed by atoms with Crippen LogP contribution in [0.2, 0.25) is 0 Å². The van der Waals surface area contributed by atoms with Crippen LogP contribution in [-0.4, -0.2) is 36.3 Å². The summed E-state index contributed by atoms with van der Waals surface area (Å²) in [6.07, 6.45) is 2.56. The molecule has 0 N–H and O–H groups in total. The van der Waals surface area contributed by atoms with E-state index in [0.717, 1.165) is 17.7 Å². The molecule has 1 aliphatic rings. The van der Waals surface area contributed by atoms with Crippen molar-refractivity contribution in [2.45, 2.75) is 12.8 Å². The SMILES string of the molecule is C1CCOC1.Fc1ccc(Br)cc1.[H-].[H-].[Mg+2]. The second-order valence-electron chi connectivity index (χ2n) is 2.76. The first-order valence-corrected chi connectivity index (χ1v) is 5.07. The second-order valence-corrected chi connectivity index (χ2v) is 3.67. The van der Waals surface area contributed by atoms with E-state index in [1.807, 2.05) is 0 Å². The van der Waals surface area contributed by atoms with Crippen LogP contribution in [-0.2, 0) is 4.74 Å². The predicted octanol–water partition coefficient (Wildman–Crippen LogP) is 3.23. The van der Waals surface area contributed by atoms with Crippen LogP contribution in [0.4, 0.5) is 4.39 Å². The smallest absolute Gasteiger partial charge is 1.00 e. The third-order valence-electron chi connectivity index (χ3n) is 1.63. The van der Waals surface area contributed by atoms with Gasteiger partial charge in [0.15, 0.2) is 0 Å². The van der Waals surface area contributed by atoms with Crippen LogP contribution in [0.5, 0.6) is 0 Å². The molecule has 4 heteroatoms. The third kappa shape index (κ3) is 6.76. The van der Waals surface area contributed by atoms with Gasteiger partial charge in [0.1, 0.15) is 5.82 Å². The van der Waals surface area contributed by atoms with E-state index in [1.165, 1.54) is 25.0 Å². The Kier molecular flexibility index (Phi) is 8.87. The molecule has 2 rings (SSSR count). The molecule has 0 spiro atoms. The monoisotopic (exact) mass is 272 g/mol. The summed E-state index contributed by atoms with van der Waals surface area (Å²) in [7, 11) is 0. The minimum Gasteiger partial charge on any atom is -1.00 e. The molecule has 1 nitrogen and oxygen atoms in total. The Morgan fingerprint density at radius 1 is 1.14 bits per heavy atom. The fourth-order valence-corrected chi connectivity index (χ4v) is 1.20. The van der Waals surface area contributed by atoms with Crippen LogP contribution in [0.15, 0.2) is 28.7 Å². The Balaban J connectivity index is -0.000000189. The van der Waals surface area contributed by atoms with Gasteiger partial charge < -0.3 is 7.59 Å². The van der Waals surface area contributed by atoms with Crippen LogP contribution in [0, 0.1) is 5.82 Å². The summed E-state index contributed by atoms with van der Waals surface area (Å²) < 4.78 is 17.9. The van der Waals surface area contributed by atoms with Crippen LogP contribution >= 0.6 is 15.9 Å². The summed E-state index contributed by atoms with van der Waals surface area (Å²) in [5.74, 6) is -0.201. The summed E-state index contributed by atoms with van der Waals surface area (Å²) in [6, 6.07) is 6.14. The molecule has 0 unspecified atom stereocenters. The molecular formula is C10H14BrFMgO. The largest absolute Gasteiger partial charge is 2.00 e. The van der Waals surface area contributed by atoms with Crippen molar-refractivity contribution in [3.05, 3.63) is 34.6 Å². The van der Waals surface area contributed by atoms with Gasteiger partial charge in [-0.3, -0.25) is 0 Å². The zero-order valence-corrected chi connectivity index (χ0v) is 11.0. The van der Waals surface area contributed by atoms with E-state index in [0.29, 0.717) is 0 Å². The van der Waals surface area contributed by atoms with Crippen molar-refractivity contribution in [2.24, 2.45) is 0 Å². The molecule has 1 heterocycles. The predicted molar refractivity (Wildman–Crippen MR) is 62.1 cm³/mol. The molecule has 0 aliphatic carbocycles. The standard InChI is InChI=1S/C6H4BrF.C4H8O.Mg.2H/c7-5-1-3-6(8)4-2-5;1-2-4-5-3-1;;;/h1-4H;1-4H2;;;/q;;+2;2*-1. The molecule has 76 valence electrons. The van der Waals surface area contributed by atoms with E-state index in [2.05, 4.69) is 15.9 Å². The first-order valence-electron chi connectivity index (χ1n) is 4.28. The maximum Gasteiger partial charge on any atom is 2.00 e. The fourth-order valence-electron chi connectivity index (χ4n) is 0.940. The quantitative estimate of drug-likeness (QED) is 0.659. The van der Waals surface area contributed by atoms with Crippen LogP contribution in [0.3, 0.4) is 0 Å². The average molecular weight is 273 g/mol. The third-order valence-corrected chi connectivity index (χ3v) is 2.16. The Labute approximate surface area is 111 Å². The Morgan fingerprint density at radius 3 is 1.93 bits per heavy atom. The van der Waals surface area contributed by atoms with Gasteiger partial charge in [-0.2, -0.15) is 0 Å². The summed E-state index contributed by atoms with van der Waals surface area (Å²) in [4.78, 5) is 0. The van der Waals surface area contributed by atoms with Gasteiger partial charge in [-0.25, -0.2) is 4.39 Å². The maximum atomic E-state index is 12.1. The van der Waals surface area contributed by atoms with E-state index in [-0.39, 0.29) is 31.7 Å². The summed E-state index contributed by atoms with van der Waals surface area (Å²) in [5.41, 5.74) is 0. The van der Waals surface area contributed by atoms with E-state index in [1.54, 1.807) is 12.1 Å². The Morgan fingerprint density at radius 2 is 1.64 bits per heavy atom. The molecule has 0 atom stereocenters. The number of ether oxygens (including phenoxy) is 1. The van der Waals surface area contributed by atoms with Gasteiger partial charge in [0, 0.05) is 17.7 Å². The number of halogens is 2. The molecular weight excluding hydrogens is 259 g/mol. The number of hydrogen-bond acceptors (Lipinski definition) is 1. The fraction of sp³-hybridized carbons (Fsp3) is 0.400. The molecule has 1 aromatic rings. The van der Waals surface area contributed by atoms with Gasteiger partial charge in [0.05, 0.1) is 0 Å². The number of benzene rings is 1. The molecule has 0 bridgehead atoms. The Bertz CT molecular complexity index is 216. The van der Waals surface area contributed by atoms with Gasteiger partial charge in [0.25, 0.3) is 0 Å². The van der Waals surface area contributed by atoms with Crippen molar-refractivity contribution in [1.29, 1.82) is 0 Å². The van der Waals surface area contributed by atoms with Gasteiger partial charge in [-0.1, -0.05) is 15.9 Å². The zero-order chi connectivity index (χ0) is 9.52. The topological polar surface area (TPSA) is 9.23 Å². The normalized spacial score (nSPS) is 13.9. The molecule has 0 aromatic heterocycles. The van der Waals surface area contributed by atoms with Gasteiger partial charge >= 0.3 is 23.1 Å². The average Bonchev–Trinajstić information content (AvgIpc) is 2.68. The summed E-state index contributed by atoms with van der Waals surface area (Å²) in [5, 5.41) is 0. The minimum absolute atomic E-state index is 0. The van der Waals surface area contributed by atoms with Crippen molar-refractivity contribution in [3.8, 4) is 0 Å². The maximum absolute atomic E-state index is 12.1. The second kappa shape index (κ2) is 8.65. The number of rotatable bonds is 0. The van der Waals surface area contributed by atoms with Gasteiger partial charge in [-0.15, -0.1) is 0 Å². The first-order chi connectivity index (χ1) is 6.29. The van der Waals surface area contributed by atoms with Crippen molar-refractivity contribution in [2.75, 3.05) is 13.2 Å². The molecule has 0 radical (unpaired) electrons. The molecule has 1 saturated heterocycles. The zero-order valence-electron chi connectivity index (χ0n) is 10.0. The summed E-state index contributed by atoms with van der Waals surface area (Å²) >= 11 is 3.18. The molecule has 1 aliphatic heterocycles. The van der Waals surface area contributed by atoms with Gasteiger partial charge in [0.2, 0.25) is 0 Å². The van der Waals surface area contributed by atoms with Crippen LogP contribution < -0.4 is 0 Å². The van der Waals surface area contributed by atoms with Crippen molar-refractivity contribution in [3.63, 3.8) is 0 Å². The van der Waals surface area contributed by atoms with E-state index < -0.39 is 0 Å². The molecule has 1 aromatic carbocycles. The van der Waals surface area contributed by atoms with Crippen molar-refractivity contribution in [1.82, 2.24) is 0 Å². The van der Waals surface area contributed by atoms with E-state index in [9.17, 15) is 4.39 Å². The van der Waals surface area contributed by atoms with Crippen molar-refractivity contribution >= 4 is 39.0 Å². The first kappa shape index (κ1) is 14.4. The minimum atomic E-state index is -0.201. The van der Waals surface area contributed by atoms with Crippen LogP contribution in [0.25, 0.3) is 0 Å².